The highest BCUT2D eigenvalue weighted by Gasteiger charge is 2.17. The van der Waals surface area contributed by atoms with E-state index in [0.717, 1.165) is 31.6 Å². The second kappa shape index (κ2) is 5.63. The fourth-order valence-electron chi connectivity index (χ4n) is 2.71. The predicted octanol–water partition coefficient (Wildman–Crippen LogP) is 1.98. The standard InChI is InChI=1S/C15H19N3O2/c1-2-20-15(19)13-10-18-9-12(3-4-14(18)17-13)11-5-7-16-8-6-11/h3-4,9-11,16H,2,5-8H2,1H3. The van der Waals surface area contributed by atoms with Gasteiger partial charge in [-0.1, -0.05) is 6.07 Å². The summed E-state index contributed by atoms with van der Waals surface area (Å²) in [5.74, 6) is 0.230. The van der Waals surface area contributed by atoms with Gasteiger partial charge in [-0.15, -0.1) is 0 Å². The largest absolute Gasteiger partial charge is 0.461 e. The number of nitrogens with zero attached hydrogens (tertiary/aromatic N) is 2. The third kappa shape index (κ3) is 2.54. The highest BCUT2D eigenvalue weighted by molar-refractivity contribution is 5.87. The summed E-state index contributed by atoms with van der Waals surface area (Å²) in [7, 11) is 0. The first kappa shape index (κ1) is 13.1. The molecular formula is C15H19N3O2. The molecule has 2 aromatic rings. The van der Waals surface area contributed by atoms with Crippen LogP contribution in [-0.2, 0) is 4.74 Å². The van der Waals surface area contributed by atoms with E-state index in [1.165, 1.54) is 5.56 Å². The lowest BCUT2D eigenvalue weighted by Gasteiger charge is -2.22. The smallest absolute Gasteiger partial charge is 0.358 e. The van der Waals surface area contributed by atoms with Gasteiger partial charge in [0.1, 0.15) is 5.65 Å². The molecule has 1 saturated heterocycles. The molecule has 1 N–H and O–H groups in total. The number of pyridine rings is 1. The zero-order valence-corrected chi connectivity index (χ0v) is 11.6. The Morgan fingerprint density at radius 3 is 2.95 bits per heavy atom. The van der Waals surface area contributed by atoms with E-state index >= 15 is 0 Å². The maximum Gasteiger partial charge on any atom is 0.358 e. The number of nitrogens with one attached hydrogen (secondary N) is 1. The third-order valence-electron chi connectivity index (χ3n) is 3.77. The molecule has 0 atom stereocenters. The Kier molecular flexibility index (Phi) is 3.69. The summed E-state index contributed by atoms with van der Waals surface area (Å²) < 4.78 is 6.90. The monoisotopic (exact) mass is 273 g/mol. The molecule has 0 spiro atoms. The summed E-state index contributed by atoms with van der Waals surface area (Å²) >= 11 is 0. The van der Waals surface area contributed by atoms with Crippen molar-refractivity contribution >= 4 is 11.6 Å². The summed E-state index contributed by atoms with van der Waals surface area (Å²) in [6.45, 7) is 4.30. The van der Waals surface area contributed by atoms with Crippen LogP contribution in [-0.4, -0.2) is 35.1 Å². The van der Waals surface area contributed by atoms with Crippen LogP contribution in [0.5, 0.6) is 0 Å². The first-order chi connectivity index (χ1) is 9.78. The van der Waals surface area contributed by atoms with Crippen LogP contribution in [0.1, 0.15) is 41.7 Å². The van der Waals surface area contributed by atoms with E-state index in [1.54, 1.807) is 13.1 Å². The second-order valence-corrected chi connectivity index (χ2v) is 5.10. The van der Waals surface area contributed by atoms with Gasteiger partial charge in [0, 0.05) is 12.4 Å². The average molecular weight is 273 g/mol. The molecule has 2 aromatic heterocycles. The van der Waals surface area contributed by atoms with Gasteiger partial charge >= 0.3 is 5.97 Å². The zero-order chi connectivity index (χ0) is 13.9. The number of hydrogen-bond acceptors (Lipinski definition) is 4. The van der Waals surface area contributed by atoms with E-state index in [9.17, 15) is 4.79 Å². The van der Waals surface area contributed by atoms with Gasteiger partial charge < -0.3 is 14.5 Å². The number of aromatic nitrogens is 2. The Morgan fingerprint density at radius 1 is 1.40 bits per heavy atom. The van der Waals surface area contributed by atoms with Gasteiger partial charge in [-0.2, -0.15) is 0 Å². The lowest BCUT2D eigenvalue weighted by molar-refractivity contribution is 0.0520. The molecule has 1 fully saturated rings. The van der Waals surface area contributed by atoms with Crippen LogP contribution in [0.3, 0.4) is 0 Å². The van der Waals surface area contributed by atoms with Crippen molar-refractivity contribution < 1.29 is 9.53 Å². The molecule has 20 heavy (non-hydrogen) atoms. The molecule has 0 aliphatic carbocycles. The van der Waals surface area contributed by atoms with Crippen molar-refractivity contribution in [2.24, 2.45) is 0 Å². The fraction of sp³-hybridized carbons (Fsp3) is 0.467. The lowest BCUT2D eigenvalue weighted by Crippen LogP contribution is -2.26. The van der Waals surface area contributed by atoms with Gasteiger partial charge in [0.05, 0.1) is 6.61 Å². The van der Waals surface area contributed by atoms with Crippen molar-refractivity contribution in [2.45, 2.75) is 25.7 Å². The number of rotatable bonds is 3. The minimum atomic E-state index is -0.361. The zero-order valence-electron chi connectivity index (χ0n) is 11.6. The molecule has 5 nitrogen and oxygen atoms in total. The summed E-state index contributed by atoms with van der Waals surface area (Å²) in [4.78, 5) is 16.0. The van der Waals surface area contributed by atoms with E-state index in [1.807, 2.05) is 10.5 Å². The highest BCUT2D eigenvalue weighted by atomic mass is 16.5. The van der Waals surface area contributed by atoms with Crippen molar-refractivity contribution in [1.29, 1.82) is 0 Å². The highest BCUT2D eigenvalue weighted by Crippen LogP contribution is 2.25. The Labute approximate surface area is 118 Å². The molecule has 0 unspecified atom stereocenters. The maximum absolute atomic E-state index is 11.7. The number of esters is 1. The van der Waals surface area contributed by atoms with Crippen molar-refractivity contribution in [2.75, 3.05) is 19.7 Å². The van der Waals surface area contributed by atoms with Crippen molar-refractivity contribution in [3.8, 4) is 0 Å². The van der Waals surface area contributed by atoms with Crippen molar-refractivity contribution in [3.05, 3.63) is 35.8 Å². The summed E-state index contributed by atoms with van der Waals surface area (Å²) in [5.41, 5.74) is 2.46. The van der Waals surface area contributed by atoms with Crippen molar-refractivity contribution in [1.82, 2.24) is 14.7 Å². The number of carbonyl (C=O) groups is 1. The van der Waals surface area contributed by atoms with Gasteiger partial charge in [0.2, 0.25) is 0 Å². The molecule has 3 heterocycles. The van der Waals surface area contributed by atoms with Gasteiger partial charge in [-0.25, -0.2) is 9.78 Å². The number of piperidine rings is 1. The SMILES string of the molecule is CCOC(=O)c1cn2cc(C3CCNCC3)ccc2n1. The number of imidazole rings is 1. The molecule has 106 valence electrons. The Bertz CT molecular complexity index is 615. The molecule has 0 aromatic carbocycles. The number of hydrogen-bond donors (Lipinski definition) is 1. The molecule has 3 rings (SSSR count). The van der Waals surface area contributed by atoms with Crippen LogP contribution in [0.15, 0.2) is 24.5 Å². The van der Waals surface area contributed by atoms with Crippen LogP contribution in [0, 0.1) is 0 Å². The Balaban J connectivity index is 1.88. The van der Waals surface area contributed by atoms with Crippen LogP contribution in [0.4, 0.5) is 0 Å². The maximum atomic E-state index is 11.7. The fourth-order valence-corrected chi connectivity index (χ4v) is 2.71. The van der Waals surface area contributed by atoms with E-state index < -0.39 is 0 Å². The number of ether oxygens (including phenoxy) is 1. The van der Waals surface area contributed by atoms with E-state index in [2.05, 4.69) is 22.6 Å². The van der Waals surface area contributed by atoms with E-state index in [-0.39, 0.29) is 5.97 Å². The van der Waals surface area contributed by atoms with E-state index in [0.29, 0.717) is 18.2 Å². The summed E-state index contributed by atoms with van der Waals surface area (Å²) in [6, 6.07) is 4.09. The average Bonchev–Trinajstić information content (AvgIpc) is 2.91. The quantitative estimate of drug-likeness (QED) is 0.869. The molecule has 1 aliphatic heterocycles. The summed E-state index contributed by atoms with van der Waals surface area (Å²) in [6.07, 6.45) is 6.15. The van der Waals surface area contributed by atoms with Gasteiger partial charge in [0.15, 0.2) is 5.69 Å². The molecular weight excluding hydrogens is 254 g/mol. The second-order valence-electron chi connectivity index (χ2n) is 5.10. The minimum absolute atomic E-state index is 0.361. The van der Waals surface area contributed by atoms with Crippen LogP contribution in [0.2, 0.25) is 0 Å². The minimum Gasteiger partial charge on any atom is -0.461 e. The molecule has 0 saturated carbocycles. The third-order valence-corrected chi connectivity index (χ3v) is 3.77. The Hall–Kier alpha value is -1.88. The number of carbonyl (C=O) groups excluding carboxylic acids is 1. The van der Waals surface area contributed by atoms with E-state index in [4.69, 9.17) is 4.74 Å². The first-order valence-electron chi connectivity index (χ1n) is 7.14. The molecule has 0 bridgehead atoms. The van der Waals surface area contributed by atoms with Crippen LogP contribution >= 0.6 is 0 Å². The molecule has 5 heteroatoms. The van der Waals surface area contributed by atoms with Crippen LogP contribution < -0.4 is 5.32 Å². The first-order valence-corrected chi connectivity index (χ1v) is 7.14. The molecule has 1 aliphatic rings. The molecule has 0 radical (unpaired) electrons. The predicted molar refractivity (Wildman–Crippen MR) is 76.0 cm³/mol. The lowest BCUT2D eigenvalue weighted by atomic mass is 9.91. The van der Waals surface area contributed by atoms with Crippen molar-refractivity contribution in [3.63, 3.8) is 0 Å². The normalized spacial score (nSPS) is 16.4. The van der Waals surface area contributed by atoms with Crippen LogP contribution in [0.25, 0.3) is 5.65 Å². The topological polar surface area (TPSA) is 55.6 Å². The number of fused-ring (bicyclic) bond motifs is 1. The van der Waals surface area contributed by atoms with Gasteiger partial charge in [-0.05, 0) is 50.4 Å². The van der Waals surface area contributed by atoms with Gasteiger partial charge in [-0.3, -0.25) is 0 Å². The summed E-state index contributed by atoms with van der Waals surface area (Å²) in [5, 5.41) is 3.37. The Morgan fingerprint density at radius 2 is 2.20 bits per heavy atom. The van der Waals surface area contributed by atoms with Gasteiger partial charge in [0.25, 0.3) is 0 Å². The molecule has 0 amide bonds.